The number of hydrogen-bond donors (Lipinski definition) is 1. The van der Waals surface area contributed by atoms with Gasteiger partial charge in [0.1, 0.15) is 0 Å². The van der Waals surface area contributed by atoms with E-state index in [1.165, 1.54) is 18.5 Å². The molecule has 1 aromatic carbocycles. The largest absolute Gasteiger partial charge is 0.313 e. The van der Waals surface area contributed by atoms with Gasteiger partial charge in [0.25, 0.3) is 0 Å². The molecule has 1 fully saturated rings. The first kappa shape index (κ1) is 13.6. The third kappa shape index (κ3) is 3.56. The second kappa shape index (κ2) is 6.35. The highest BCUT2D eigenvalue weighted by Gasteiger charge is 2.28. The maximum absolute atomic E-state index is 3.74. The Labute approximate surface area is 111 Å². The van der Waals surface area contributed by atoms with Crippen LogP contribution in [-0.4, -0.2) is 37.1 Å². The predicted molar refractivity (Wildman–Crippen MR) is 77.8 cm³/mol. The minimum absolute atomic E-state index is 0.680. The molecular weight excluding hydrogens is 220 g/mol. The second-order valence-corrected chi connectivity index (χ2v) is 5.80. The van der Waals surface area contributed by atoms with E-state index in [9.17, 15) is 0 Å². The molecule has 1 N–H and O–H groups in total. The zero-order valence-corrected chi connectivity index (χ0v) is 11.9. The van der Waals surface area contributed by atoms with Gasteiger partial charge in [-0.15, -0.1) is 0 Å². The molecule has 1 aromatic rings. The number of nitrogens with zero attached hydrogens (tertiary/aromatic N) is 1. The Balaban J connectivity index is 1.76. The molecule has 100 valence electrons. The normalized spacial score (nSPS) is 29.4. The quantitative estimate of drug-likeness (QED) is 0.878. The maximum atomic E-state index is 3.74. The molecule has 3 unspecified atom stereocenters. The van der Waals surface area contributed by atoms with Crippen molar-refractivity contribution in [3.05, 3.63) is 35.9 Å². The molecule has 0 amide bonds. The van der Waals surface area contributed by atoms with Crippen molar-refractivity contribution in [1.82, 2.24) is 10.2 Å². The van der Waals surface area contributed by atoms with Gasteiger partial charge in [0.2, 0.25) is 0 Å². The summed E-state index contributed by atoms with van der Waals surface area (Å²) in [6.45, 7) is 7.00. The average molecular weight is 246 g/mol. The molecule has 1 aliphatic rings. The first-order valence-electron chi connectivity index (χ1n) is 7.14. The van der Waals surface area contributed by atoms with Crippen molar-refractivity contribution in [2.45, 2.75) is 38.8 Å². The molecule has 0 bridgehead atoms. The molecule has 2 nitrogen and oxygen atoms in total. The van der Waals surface area contributed by atoms with Gasteiger partial charge in [-0.25, -0.2) is 0 Å². The van der Waals surface area contributed by atoms with Gasteiger partial charge in [-0.1, -0.05) is 37.3 Å². The van der Waals surface area contributed by atoms with E-state index in [4.69, 9.17) is 0 Å². The average Bonchev–Trinajstić information content (AvgIpc) is 2.37. The lowest BCUT2D eigenvalue weighted by atomic mass is 9.90. The third-order valence-corrected chi connectivity index (χ3v) is 4.27. The number of likely N-dealkylation sites (tertiary alicyclic amines) is 1. The van der Waals surface area contributed by atoms with Crippen molar-refractivity contribution in [3.8, 4) is 0 Å². The Hall–Kier alpha value is -0.860. The molecule has 2 heteroatoms. The first-order chi connectivity index (χ1) is 8.66. The lowest BCUT2D eigenvalue weighted by Gasteiger charge is -2.40. The Kier molecular flexibility index (Phi) is 4.79. The van der Waals surface area contributed by atoms with E-state index in [1.54, 1.807) is 0 Å². The van der Waals surface area contributed by atoms with Gasteiger partial charge in [-0.3, -0.25) is 0 Å². The summed E-state index contributed by atoms with van der Waals surface area (Å²) >= 11 is 0. The Morgan fingerprint density at radius 2 is 1.94 bits per heavy atom. The molecule has 0 spiro atoms. The molecule has 3 atom stereocenters. The molecule has 1 aliphatic heterocycles. The van der Waals surface area contributed by atoms with E-state index in [2.05, 4.69) is 61.4 Å². The van der Waals surface area contributed by atoms with Crippen molar-refractivity contribution < 1.29 is 0 Å². The van der Waals surface area contributed by atoms with Gasteiger partial charge in [0.15, 0.2) is 0 Å². The van der Waals surface area contributed by atoms with Crippen LogP contribution in [0.1, 0.15) is 25.8 Å². The molecule has 18 heavy (non-hydrogen) atoms. The van der Waals surface area contributed by atoms with Crippen molar-refractivity contribution in [2.75, 3.05) is 20.1 Å². The summed E-state index contributed by atoms with van der Waals surface area (Å²) in [4.78, 5) is 2.47. The van der Waals surface area contributed by atoms with Crippen LogP contribution in [0.5, 0.6) is 0 Å². The fourth-order valence-corrected chi connectivity index (χ4v) is 2.87. The first-order valence-corrected chi connectivity index (χ1v) is 7.14. The van der Waals surface area contributed by atoms with Gasteiger partial charge < -0.3 is 10.2 Å². The van der Waals surface area contributed by atoms with E-state index in [-0.39, 0.29) is 0 Å². The third-order valence-electron chi connectivity index (χ3n) is 4.27. The number of nitrogens with one attached hydrogen (secondary N) is 1. The molecule has 1 saturated heterocycles. The van der Waals surface area contributed by atoms with Crippen LogP contribution in [0.3, 0.4) is 0 Å². The standard InChI is InChI=1S/C16H26N2/c1-13-12-18(3)14(2)11-16(13)17-10-9-15-7-5-4-6-8-15/h4-8,13-14,16-17H,9-12H2,1-3H3. The number of benzene rings is 1. The van der Waals surface area contributed by atoms with Crippen molar-refractivity contribution in [2.24, 2.45) is 5.92 Å². The van der Waals surface area contributed by atoms with E-state index < -0.39 is 0 Å². The Morgan fingerprint density at radius 3 is 2.67 bits per heavy atom. The van der Waals surface area contributed by atoms with Gasteiger partial charge in [-0.2, -0.15) is 0 Å². The van der Waals surface area contributed by atoms with Crippen LogP contribution in [0.2, 0.25) is 0 Å². The summed E-state index contributed by atoms with van der Waals surface area (Å²) in [5.41, 5.74) is 1.43. The van der Waals surface area contributed by atoms with E-state index in [0.29, 0.717) is 12.1 Å². The topological polar surface area (TPSA) is 15.3 Å². The minimum Gasteiger partial charge on any atom is -0.313 e. The van der Waals surface area contributed by atoms with Crippen molar-refractivity contribution in [1.29, 1.82) is 0 Å². The molecule has 0 aliphatic carbocycles. The fourth-order valence-electron chi connectivity index (χ4n) is 2.87. The number of rotatable bonds is 4. The summed E-state index contributed by atoms with van der Waals surface area (Å²) in [6, 6.07) is 12.1. The highest BCUT2D eigenvalue weighted by Crippen LogP contribution is 2.20. The van der Waals surface area contributed by atoms with Gasteiger partial charge >= 0.3 is 0 Å². The molecule has 0 aromatic heterocycles. The highest BCUT2D eigenvalue weighted by atomic mass is 15.2. The smallest absolute Gasteiger partial charge is 0.0120 e. The minimum atomic E-state index is 0.680. The predicted octanol–water partition coefficient (Wildman–Crippen LogP) is 2.55. The van der Waals surface area contributed by atoms with Crippen LogP contribution >= 0.6 is 0 Å². The van der Waals surface area contributed by atoms with Gasteiger partial charge in [0.05, 0.1) is 0 Å². The SMILES string of the molecule is CC1CN(C)C(C)CC1NCCc1ccccc1. The zero-order valence-electron chi connectivity index (χ0n) is 11.9. The van der Waals surface area contributed by atoms with Crippen molar-refractivity contribution >= 4 is 0 Å². The molecular formula is C16H26N2. The van der Waals surface area contributed by atoms with Crippen LogP contribution in [0, 0.1) is 5.92 Å². The molecule has 2 rings (SSSR count). The van der Waals surface area contributed by atoms with E-state index in [0.717, 1.165) is 18.9 Å². The van der Waals surface area contributed by atoms with E-state index >= 15 is 0 Å². The van der Waals surface area contributed by atoms with Crippen LogP contribution in [-0.2, 0) is 6.42 Å². The Morgan fingerprint density at radius 1 is 1.22 bits per heavy atom. The van der Waals surface area contributed by atoms with E-state index in [1.807, 2.05) is 0 Å². The van der Waals surface area contributed by atoms with Crippen LogP contribution in [0.25, 0.3) is 0 Å². The number of piperidine rings is 1. The lowest BCUT2D eigenvalue weighted by Crippen LogP contribution is -2.51. The van der Waals surface area contributed by atoms with Crippen LogP contribution in [0.15, 0.2) is 30.3 Å². The Bertz CT molecular complexity index is 349. The monoisotopic (exact) mass is 246 g/mol. The molecule has 1 heterocycles. The maximum Gasteiger partial charge on any atom is 0.0120 e. The zero-order chi connectivity index (χ0) is 13.0. The fraction of sp³-hybridized carbons (Fsp3) is 0.625. The van der Waals surface area contributed by atoms with Gasteiger partial charge in [0, 0.05) is 18.6 Å². The molecule has 0 saturated carbocycles. The van der Waals surface area contributed by atoms with Crippen molar-refractivity contribution in [3.63, 3.8) is 0 Å². The highest BCUT2D eigenvalue weighted by molar-refractivity contribution is 5.14. The van der Waals surface area contributed by atoms with Crippen LogP contribution in [0.4, 0.5) is 0 Å². The summed E-state index contributed by atoms with van der Waals surface area (Å²) in [7, 11) is 2.24. The number of hydrogen-bond acceptors (Lipinski definition) is 2. The van der Waals surface area contributed by atoms with Gasteiger partial charge in [-0.05, 0) is 44.8 Å². The lowest BCUT2D eigenvalue weighted by molar-refractivity contribution is 0.122. The summed E-state index contributed by atoms with van der Waals surface area (Å²) in [5.74, 6) is 0.752. The summed E-state index contributed by atoms with van der Waals surface area (Å²) in [6.07, 6.45) is 2.40. The summed E-state index contributed by atoms with van der Waals surface area (Å²) < 4.78 is 0. The van der Waals surface area contributed by atoms with Crippen LogP contribution < -0.4 is 5.32 Å². The second-order valence-electron chi connectivity index (χ2n) is 5.80. The molecule has 0 radical (unpaired) electrons. The summed E-state index contributed by atoms with van der Waals surface area (Å²) in [5, 5.41) is 3.74.